The molecule has 5 nitrogen and oxygen atoms in total. The van der Waals surface area contributed by atoms with Gasteiger partial charge >= 0.3 is 0 Å². The number of imide groups is 1. The van der Waals surface area contributed by atoms with E-state index < -0.39 is 6.04 Å². The fraction of sp³-hybridized carbons (Fsp3) is 0.250. The largest absolute Gasteiger partial charge is 0.317 e. The van der Waals surface area contributed by atoms with Crippen molar-refractivity contribution < 1.29 is 9.59 Å². The van der Waals surface area contributed by atoms with Crippen LogP contribution in [0.5, 0.6) is 0 Å². The zero-order chi connectivity index (χ0) is 17.6. The molecule has 0 bridgehead atoms. The van der Waals surface area contributed by atoms with Gasteiger partial charge in [0.1, 0.15) is 6.04 Å². The first kappa shape index (κ1) is 15.6. The van der Waals surface area contributed by atoms with E-state index in [9.17, 15) is 9.59 Å². The Morgan fingerprint density at radius 1 is 1.08 bits per heavy atom. The minimum Gasteiger partial charge on any atom is -0.317 e. The van der Waals surface area contributed by atoms with Crippen molar-refractivity contribution in [2.75, 3.05) is 0 Å². The number of aryl methyl sites for hydroxylation is 2. The SMILES string of the molecule is Cc1cc2ncn([C@@H]3CC(=O)N(Cc4ccccc4)C3=O)c2cc1C. The van der Waals surface area contributed by atoms with Gasteiger partial charge in [-0.1, -0.05) is 30.3 Å². The third-order valence-electron chi connectivity index (χ3n) is 4.93. The van der Waals surface area contributed by atoms with Crippen LogP contribution >= 0.6 is 0 Å². The molecule has 0 spiro atoms. The number of carbonyl (C=O) groups excluding carboxylic acids is 2. The molecule has 0 radical (unpaired) electrons. The summed E-state index contributed by atoms with van der Waals surface area (Å²) in [6.45, 7) is 4.40. The Morgan fingerprint density at radius 3 is 2.56 bits per heavy atom. The lowest BCUT2D eigenvalue weighted by Crippen LogP contribution is -2.30. The van der Waals surface area contributed by atoms with Crippen LogP contribution in [0.2, 0.25) is 0 Å². The van der Waals surface area contributed by atoms with Crippen LogP contribution in [0.3, 0.4) is 0 Å². The van der Waals surface area contributed by atoms with Crippen molar-refractivity contribution in [3.63, 3.8) is 0 Å². The summed E-state index contributed by atoms with van der Waals surface area (Å²) < 4.78 is 1.84. The third-order valence-corrected chi connectivity index (χ3v) is 4.93. The predicted octanol–water partition coefficient (Wildman–Crippen LogP) is 3.15. The van der Waals surface area contributed by atoms with Crippen molar-refractivity contribution in [2.45, 2.75) is 32.9 Å². The molecule has 0 N–H and O–H groups in total. The first-order chi connectivity index (χ1) is 12.0. The summed E-state index contributed by atoms with van der Waals surface area (Å²) >= 11 is 0. The highest BCUT2D eigenvalue weighted by Gasteiger charge is 2.40. The molecule has 126 valence electrons. The minimum absolute atomic E-state index is 0.135. The van der Waals surface area contributed by atoms with E-state index in [1.165, 1.54) is 4.90 Å². The number of amides is 2. The molecule has 0 unspecified atom stereocenters. The molecule has 0 aliphatic carbocycles. The lowest BCUT2D eigenvalue weighted by molar-refractivity contribution is -0.139. The van der Waals surface area contributed by atoms with E-state index in [4.69, 9.17) is 0 Å². The standard InChI is InChI=1S/C20H19N3O2/c1-13-8-16-17(9-14(13)2)23(12-21-16)18-10-19(24)22(20(18)25)11-15-6-4-3-5-7-15/h3-9,12,18H,10-11H2,1-2H3/t18-/m1/s1. The number of aromatic nitrogens is 2. The van der Waals surface area contributed by atoms with Crippen LogP contribution < -0.4 is 0 Å². The number of nitrogens with zero attached hydrogens (tertiary/aromatic N) is 3. The normalized spacial score (nSPS) is 17.7. The van der Waals surface area contributed by atoms with Crippen LogP contribution in [0.15, 0.2) is 48.8 Å². The summed E-state index contributed by atoms with van der Waals surface area (Å²) in [5, 5.41) is 0. The molecule has 2 amide bonds. The molecule has 4 rings (SSSR count). The maximum absolute atomic E-state index is 12.9. The van der Waals surface area contributed by atoms with E-state index in [2.05, 4.69) is 4.98 Å². The fourth-order valence-electron chi connectivity index (χ4n) is 3.35. The number of likely N-dealkylation sites (tertiary alicyclic amines) is 1. The van der Waals surface area contributed by atoms with Crippen LogP contribution in [-0.2, 0) is 16.1 Å². The summed E-state index contributed by atoms with van der Waals surface area (Å²) in [6.07, 6.45) is 1.86. The Kier molecular flexibility index (Phi) is 3.64. The molecule has 0 saturated carbocycles. The molecule has 5 heteroatoms. The Morgan fingerprint density at radius 2 is 1.80 bits per heavy atom. The number of benzene rings is 2. The average molecular weight is 333 g/mol. The molecular weight excluding hydrogens is 314 g/mol. The molecule has 1 atom stereocenters. The van der Waals surface area contributed by atoms with E-state index in [0.29, 0.717) is 6.54 Å². The van der Waals surface area contributed by atoms with Gasteiger partial charge in [-0.25, -0.2) is 4.98 Å². The van der Waals surface area contributed by atoms with Gasteiger partial charge in [-0.05, 0) is 42.7 Å². The third kappa shape index (κ3) is 2.61. The highest BCUT2D eigenvalue weighted by Crippen LogP contribution is 2.30. The number of hydrogen-bond donors (Lipinski definition) is 0. The first-order valence-corrected chi connectivity index (χ1v) is 8.36. The van der Waals surface area contributed by atoms with E-state index in [-0.39, 0.29) is 18.2 Å². The monoisotopic (exact) mass is 333 g/mol. The molecule has 1 aromatic heterocycles. The van der Waals surface area contributed by atoms with Crippen LogP contribution in [0.1, 0.15) is 29.2 Å². The quantitative estimate of drug-likeness (QED) is 0.692. The maximum Gasteiger partial charge on any atom is 0.253 e. The van der Waals surface area contributed by atoms with E-state index in [1.54, 1.807) is 6.33 Å². The zero-order valence-electron chi connectivity index (χ0n) is 14.3. The Labute approximate surface area is 145 Å². The van der Waals surface area contributed by atoms with Gasteiger partial charge < -0.3 is 4.57 Å². The molecule has 3 aromatic rings. The van der Waals surface area contributed by atoms with Crippen molar-refractivity contribution in [3.05, 3.63) is 65.5 Å². The van der Waals surface area contributed by atoms with E-state index >= 15 is 0 Å². The minimum atomic E-state index is -0.511. The molecule has 2 heterocycles. The van der Waals surface area contributed by atoms with Gasteiger partial charge in [0.15, 0.2) is 0 Å². The molecule has 1 aliphatic heterocycles. The van der Waals surface area contributed by atoms with Crippen LogP contribution in [0.25, 0.3) is 11.0 Å². The number of imidazole rings is 1. The number of carbonyl (C=O) groups is 2. The Hall–Kier alpha value is -2.95. The number of rotatable bonds is 3. The summed E-state index contributed by atoms with van der Waals surface area (Å²) in [7, 11) is 0. The van der Waals surface area contributed by atoms with Crippen molar-refractivity contribution in [2.24, 2.45) is 0 Å². The van der Waals surface area contributed by atoms with Gasteiger partial charge in [0.2, 0.25) is 5.91 Å². The van der Waals surface area contributed by atoms with Crippen molar-refractivity contribution >= 4 is 22.8 Å². The second-order valence-electron chi connectivity index (χ2n) is 6.60. The topological polar surface area (TPSA) is 55.2 Å². The molecule has 2 aromatic carbocycles. The smallest absolute Gasteiger partial charge is 0.253 e. The lowest BCUT2D eigenvalue weighted by Gasteiger charge is -2.16. The molecule has 1 fully saturated rings. The van der Waals surface area contributed by atoms with Crippen molar-refractivity contribution in [3.8, 4) is 0 Å². The first-order valence-electron chi connectivity index (χ1n) is 8.36. The molecular formula is C20H19N3O2. The molecule has 25 heavy (non-hydrogen) atoms. The van der Waals surface area contributed by atoms with E-state index in [1.807, 2.05) is 60.9 Å². The molecule has 1 aliphatic rings. The van der Waals surface area contributed by atoms with Gasteiger partial charge in [-0.2, -0.15) is 0 Å². The van der Waals surface area contributed by atoms with Gasteiger partial charge in [0.05, 0.1) is 30.3 Å². The second kappa shape index (κ2) is 5.84. The Balaban J connectivity index is 1.67. The van der Waals surface area contributed by atoms with Crippen LogP contribution in [0, 0.1) is 13.8 Å². The lowest BCUT2D eigenvalue weighted by atomic mass is 10.1. The van der Waals surface area contributed by atoms with Gasteiger partial charge in [0, 0.05) is 0 Å². The fourth-order valence-corrected chi connectivity index (χ4v) is 3.35. The summed E-state index contributed by atoms with van der Waals surface area (Å²) in [6, 6.07) is 13.1. The highest BCUT2D eigenvalue weighted by atomic mass is 16.2. The predicted molar refractivity (Wildman–Crippen MR) is 94.9 cm³/mol. The number of hydrogen-bond acceptors (Lipinski definition) is 3. The highest BCUT2D eigenvalue weighted by molar-refractivity contribution is 6.05. The number of fused-ring (bicyclic) bond motifs is 1. The maximum atomic E-state index is 12.9. The van der Waals surface area contributed by atoms with Gasteiger partial charge in [-0.3, -0.25) is 14.5 Å². The van der Waals surface area contributed by atoms with Crippen LogP contribution in [0.4, 0.5) is 0 Å². The molecule has 1 saturated heterocycles. The van der Waals surface area contributed by atoms with Crippen molar-refractivity contribution in [1.82, 2.24) is 14.5 Å². The van der Waals surface area contributed by atoms with Gasteiger partial charge in [-0.15, -0.1) is 0 Å². The Bertz CT molecular complexity index is 975. The summed E-state index contributed by atoms with van der Waals surface area (Å²) in [5.74, 6) is -0.295. The van der Waals surface area contributed by atoms with Gasteiger partial charge in [0.25, 0.3) is 5.91 Å². The second-order valence-corrected chi connectivity index (χ2v) is 6.60. The van der Waals surface area contributed by atoms with Crippen molar-refractivity contribution in [1.29, 1.82) is 0 Å². The zero-order valence-corrected chi connectivity index (χ0v) is 14.3. The summed E-state index contributed by atoms with van der Waals surface area (Å²) in [5.41, 5.74) is 5.01. The van der Waals surface area contributed by atoms with Crippen LogP contribution in [-0.4, -0.2) is 26.3 Å². The summed E-state index contributed by atoms with van der Waals surface area (Å²) in [4.78, 5) is 31.1. The average Bonchev–Trinajstić information content (AvgIpc) is 3.12. The van der Waals surface area contributed by atoms with E-state index in [0.717, 1.165) is 27.7 Å².